The number of halogens is 3. The van der Waals surface area contributed by atoms with Gasteiger partial charge in [-0.1, -0.05) is 41.5 Å². The van der Waals surface area contributed by atoms with Gasteiger partial charge in [-0.15, -0.1) is 0 Å². The average molecular weight is 1100 g/mol. The molecule has 3 fully saturated rings. The molecule has 3 aliphatic heterocycles. The highest BCUT2D eigenvalue weighted by Crippen LogP contribution is 2.35. The number of carbonyl (C=O) groups is 3. The van der Waals surface area contributed by atoms with Gasteiger partial charge in [-0.25, -0.2) is 28.1 Å². The molecule has 9 heterocycles. The van der Waals surface area contributed by atoms with Gasteiger partial charge in [0.15, 0.2) is 70.7 Å². The van der Waals surface area contributed by atoms with E-state index in [0.29, 0.717) is 0 Å². The molecule has 0 spiro atoms. The minimum Gasteiger partial charge on any atom is -0.481 e. The van der Waals surface area contributed by atoms with Gasteiger partial charge in [0.25, 0.3) is 16.7 Å². The fourth-order valence-electron chi connectivity index (χ4n) is 7.11. The van der Waals surface area contributed by atoms with Crippen molar-refractivity contribution in [3.63, 3.8) is 0 Å². The molecule has 2 amide bonds. The van der Waals surface area contributed by atoms with Gasteiger partial charge >= 0.3 is 5.97 Å². The van der Waals surface area contributed by atoms with Gasteiger partial charge in [0.2, 0.25) is 31.1 Å². The number of imidazole rings is 3. The lowest BCUT2D eigenvalue weighted by Crippen LogP contribution is -2.29. The number of fused-ring (bicyclic) bond motifs is 3. The summed E-state index contributed by atoms with van der Waals surface area (Å²) in [6.45, 7) is 8.46. The summed E-state index contributed by atoms with van der Waals surface area (Å²) >= 11 is 0. The second-order valence-corrected chi connectivity index (χ2v) is 17.9. The van der Waals surface area contributed by atoms with Crippen molar-refractivity contribution in [3.05, 3.63) is 50.0 Å². The van der Waals surface area contributed by atoms with Crippen molar-refractivity contribution < 1.29 is 78.9 Å². The summed E-state index contributed by atoms with van der Waals surface area (Å²) in [6.07, 6.45) is -13.2. The number of carbonyl (C=O) groups excluding carboxylic acids is 2. The number of aromatic nitrogens is 12. The summed E-state index contributed by atoms with van der Waals surface area (Å²) in [6, 6.07) is 0. The third-order valence-electron chi connectivity index (χ3n) is 11.4. The molecule has 6 aromatic heterocycles. The number of nitrogens with one attached hydrogen (secondary N) is 5. The Morgan fingerprint density at radius 2 is 1.01 bits per heavy atom. The lowest BCUT2D eigenvalue weighted by Gasteiger charge is -2.16. The molecule has 0 unspecified atom stereocenters. The Morgan fingerprint density at radius 3 is 1.32 bits per heavy atom. The zero-order valence-electron chi connectivity index (χ0n) is 44.0. The lowest BCUT2D eigenvalue weighted by molar-refractivity contribution is -0.140. The van der Waals surface area contributed by atoms with Crippen molar-refractivity contribution in [1.29, 1.82) is 1.43 Å². The molecule has 9 rings (SSSR count). The molecule has 31 nitrogen and oxygen atoms in total. The van der Waals surface area contributed by atoms with Crippen LogP contribution in [-0.4, -0.2) is 189 Å². The minimum absolute atomic E-state index is 0.00198. The predicted molar refractivity (Wildman–Crippen MR) is 261 cm³/mol. The van der Waals surface area contributed by atoms with Gasteiger partial charge in [-0.05, 0) is 6.90 Å². The number of aliphatic hydroxyl groups is 6. The number of nitrogens with zero attached hydrogens (tertiary/aromatic N) is 9. The molecule has 0 aliphatic carbocycles. The standard InChI is InChI=1S/C14H18FN5O5.C14H18FN5O4.C10H12FN5O4.C4H8O2.CH4O/c1-5(2)11(23)18-14-17-10-8(12(24)19-14)16-4-20(10)13-9(22)7(15)6(3-21)25-13;1-5(2)11(22)18-14-17-10-8(12(23)19-14)16-4-20(10)13-9(21)7(15)6(3)24-13;11-4-3(1-17)20-9(6(4)18)16-2-13-5-7(16)14-10(12)15-8(5)19;1-3(2)4(5)6;1-2/h4-7,9,13,21-22H,3H2,1-2H3,(H2,17,18,19,23,24);4-7,9,13,21H,1-3H3,(H2,17,18,19,22,23);2-4,6,9,17-18H,1H2,(H3,12,14,15,19);3H,1-2H3,(H,5,6);2H,1H3/t2*6-,7-,9-,13-;3-,4-,6-,9-;;/m111../s1/i;3D;;;2T. The third-order valence-corrected chi connectivity index (χ3v) is 11.4. The molecule has 0 radical (unpaired) electrons. The summed E-state index contributed by atoms with van der Waals surface area (Å²) in [5.74, 6) is -2.63. The number of hydrogen-bond donors (Lipinski definition) is 13. The molecule has 3 aliphatic rings. The molecule has 424 valence electrons. The van der Waals surface area contributed by atoms with E-state index < -0.39 is 110 Å². The van der Waals surface area contributed by atoms with Gasteiger partial charge in [0.05, 0.1) is 44.2 Å². The molecule has 6 aromatic rings. The molecule has 77 heavy (non-hydrogen) atoms. The average Bonchev–Trinajstić information content (AvgIpc) is 4.26. The Labute approximate surface area is 434 Å². The van der Waals surface area contributed by atoms with Gasteiger partial charge in [-0.2, -0.15) is 15.0 Å². The number of nitrogen functional groups attached to an aromatic ring is 1. The molecule has 34 heteroatoms. The number of carboxylic acid groups (broad SMARTS) is 1. The van der Waals surface area contributed by atoms with E-state index in [1.807, 2.05) is 0 Å². The Morgan fingerprint density at radius 1 is 0.675 bits per heavy atom. The molecule has 0 aromatic carbocycles. The molecular formula is C43H60F3N15O16. The van der Waals surface area contributed by atoms with Crippen LogP contribution in [0.25, 0.3) is 33.5 Å². The molecule has 12 atom stereocenters. The summed E-state index contributed by atoms with van der Waals surface area (Å²) < 4.78 is 74.1. The number of amides is 2. The quantitative estimate of drug-likeness (QED) is 0.0724. The van der Waals surface area contributed by atoms with E-state index in [4.69, 9.17) is 38.1 Å². The van der Waals surface area contributed by atoms with Gasteiger partial charge < -0.3 is 55.7 Å². The SMILES string of the molecule is CC(C)C(=O)Nc1nc2c(ncn2[C@@H]2O[C@H](CO)[C@@H](F)[C@H]2O)c(=O)[nH]1.CC(C)C(=O)O.Nc1nc2c(ncn2[C@@H]2O[C@H](CO)[C@@H](F)[C@H]2O)c(=O)[nH]1.[2H]C[C@H]1O[C@@H](n2cnc3c(=O)[nH]c(NC(=O)C(C)C)nc32)[C@H](O)[C@@H]1F.[3H]OC. The number of alkyl halides is 3. The zero-order chi connectivity index (χ0) is 58.9. The molecular weight excluding hydrogens is 1040 g/mol. The van der Waals surface area contributed by atoms with E-state index in [9.17, 15) is 57.3 Å². The Balaban J connectivity index is 0.000000203. The highest BCUT2D eigenvalue weighted by atomic mass is 19.1. The number of carboxylic acids is 1. The van der Waals surface area contributed by atoms with Crippen LogP contribution < -0.4 is 33.0 Å². The molecule has 14 N–H and O–H groups in total. The maximum absolute atomic E-state index is 14.0. The van der Waals surface area contributed by atoms with Crippen LogP contribution in [0.4, 0.5) is 31.0 Å². The van der Waals surface area contributed by atoms with Crippen molar-refractivity contribution >= 4 is 69.1 Å². The van der Waals surface area contributed by atoms with Crippen molar-refractivity contribution in [2.24, 2.45) is 17.8 Å². The van der Waals surface area contributed by atoms with E-state index in [-0.39, 0.29) is 87.8 Å². The normalized spacial score (nSPS) is 26.0. The Kier molecular flexibility index (Phi) is 19.1. The number of aliphatic hydroxyl groups excluding tert-OH is 6. The monoisotopic (exact) mass is 1100 g/mol. The second-order valence-electron chi connectivity index (χ2n) is 17.9. The predicted octanol–water partition coefficient (Wildman–Crippen LogP) is -1.74. The lowest BCUT2D eigenvalue weighted by atomic mass is 10.1. The van der Waals surface area contributed by atoms with E-state index in [0.717, 1.165) is 0 Å². The maximum Gasteiger partial charge on any atom is 0.305 e. The molecule has 3 saturated heterocycles. The van der Waals surface area contributed by atoms with Crippen LogP contribution in [0.2, 0.25) is 0 Å². The minimum atomic E-state index is -1.80. The van der Waals surface area contributed by atoms with Crippen LogP contribution in [0, 0.1) is 17.8 Å². The highest BCUT2D eigenvalue weighted by molar-refractivity contribution is 5.91. The van der Waals surface area contributed by atoms with Crippen LogP contribution in [0.1, 0.15) is 68.5 Å². The van der Waals surface area contributed by atoms with Crippen LogP contribution >= 0.6 is 0 Å². The van der Waals surface area contributed by atoms with E-state index in [1.165, 1.54) is 39.8 Å². The number of aliphatic carboxylic acids is 1. The van der Waals surface area contributed by atoms with Gasteiger partial charge in [-0.3, -0.25) is 68.1 Å². The summed E-state index contributed by atoms with van der Waals surface area (Å²) in [7, 11) is 1.29. The van der Waals surface area contributed by atoms with Crippen molar-refractivity contribution in [2.75, 3.05) is 36.7 Å². The van der Waals surface area contributed by atoms with Crippen LogP contribution in [0.15, 0.2) is 33.4 Å². The smallest absolute Gasteiger partial charge is 0.305 e. The fourth-order valence-corrected chi connectivity index (χ4v) is 7.11. The number of anilines is 3. The van der Waals surface area contributed by atoms with Gasteiger partial charge in [0.1, 0.15) is 30.5 Å². The first-order chi connectivity index (χ1) is 37.2. The fraction of sp³-hybridized carbons (Fsp3) is 0.581. The summed E-state index contributed by atoms with van der Waals surface area (Å²) in [5, 5.41) is 64.4. The van der Waals surface area contributed by atoms with Crippen LogP contribution in [0.5, 0.6) is 0 Å². The number of aromatic amines is 3. The van der Waals surface area contributed by atoms with Crippen LogP contribution in [-0.2, 0) is 28.6 Å². The zero-order valence-corrected chi connectivity index (χ0v) is 42.0. The first-order valence-electron chi connectivity index (χ1n) is 24.3. The topological polar surface area (TPSA) is 461 Å². The van der Waals surface area contributed by atoms with E-state index >= 15 is 0 Å². The third kappa shape index (κ3) is 13.3. The number of nitrogens with two attached hydrogens (primary N) is 1. The van der Waals surface area contributed by atoms with Crippen molar-refractivity contribution in [3.8, 4) is 0 Å². The number of hydrogen-bond acceptors (Lipinski definition) is 22. The van der Waals surface area contributed by atoms with Crippen molar-refractivity contribution in [1.82, 2.24) is 58.6 Å². The maximum atomic E-state index is 14.0. The molecule has 0 saturated carbocycles. The number of ether oxygens (including phenoxy) is 3. The second kappa shape index (κ2) is 25.7. The highest BCUT2D eigenvalue weighted by Gasteiger charge is 2.47. The first kappa shape index (κ1) is 57.4. The van der Waals surface area contributed by atoms with E-state index in [1.54, 1.807) is 41.5 Å². The van der Waals surface area contributed by atoms with E-state index in [2.05, 4.69) is 60.6 Å². The molecule has 0 bridgehead atoms. The number of H-pyrrole nitrogens is 3. The Bertz CT molecular complexity index is 3090. The van der Waals surface area contributed by atoms with Crippen molar-refractivity contribution in [2.45, 2.75) is 122 Å². The first-order valence-corrected chi connectivity index (χ1v) is 23.2. The number of rotatable bonds is 10. The summed E-state index contributed by atoms with van der Waals surface area (Å²) in [4.78, 5) is 100.0. The Hall–Kier alpha value is -7.31. The van der Waals surface area contributed by atoms with Gasteiger partial charge in [0, 0.05) is 20.3 Å². The largest absolute Gasteiger partial charge is 0.481 e. The van der Waals surface area contributed by atoms with Crippen LogP contribution in [0.3, 0.4) is 0 Å². The summed E-state index contributed by atoms with van der Waals surface area (Å²) in [5.41, 5.74) is 3.71.